The Hall–Kier alpha value is -1.43. The highest BCUT2D eigenvalue weighted by molar-refractivity contribution is 5.76. The van der Waals surface area contributed by atoms with Crippen LogP contribution in [0.15, 0.2) is 4.52 Å². The van der Waals surface area contributed by atoms with E-state index in [9.17, 15) is 9.90 Å². The molecule has 1 aliphatic rings. The van der Waals surface area contributed by atoms with Crippen molar-refractivity contribution in [1.82, 2.24) is 15.0 Å². The van der Waals surface area contributed by atoms with Crippen LogP contribution in [0.4, 0.5) is 0 Å². The van der Waals surface area contributed by atoms with E-state index in [1.54, 1.807) is 0 Å². The Labute approximate surface area is 119 Å². The summed E-state index contributed by atoms with van der Waals surface area (Å²) in [5.74, 6) is 1.59. The van der Waals surface area contributed by atoms with Crippen molar-refractivity contribution in [2.75, 3.05) is 19.7 Å². The van der Waals surface area contributed by atoms with Gasteiger partial charge in [-0.1, -0.05) is 12.1 Å². The van der Waals surface area contributed by atoms with Gasteiger partial charge in [0, 0.05) is 39.0 Å². The summed E-state index contributed by atoms with van der Waals surface area (Å²) < 4.78 is 5.13. The van der Waals surface area contributed by atoms with Crippen LogP contribution in [0.3, 0.4) is 0 Å². The number of rotatable bonds is 6. The number of piperidine rings is 1. The molecule has 0 aliphatic carbocycles. The van der Waals surface area contributed by atoms with Crippen LogP contribution in [0.25, 0.3) is 0 Å². The lowest BCUT2D eigenvalue weighted by molar-refractivity contribution is -0.133. The number of nitrogens with zero attached hydrogens (tertiary/aromatic N) is 3. The fraction of sp³-hybridized carbons (Fsp3) is 0.786. The average molecular weight is 281 g/mol. The van der Waals surface area contributed by atoms with Crippen molar-refractivity contribution < 1.29 is 14.4 Å². The van der Waals surface area contributed by atoms with Gasteiger partial charge in [-0.25, -0.2) is 0 Å². The summed E-state index contributed by atoms with van der Waals surface area (Å²) in [6.07, 6.45) is 4.65. The van der Waals surface area contributed by atoms with Crippen molar-refractivity contribution in [2.24, 2.45) is 5.92 Å². The molecule has 1 unspecified atom stereocenters. The zero-order valence-corrected chi connectivity index (χ0v) is 12.0. The smallest absolute Gasteiger partial charge is 0.227 e. The Morgan fingerprint density at radius 1 is 1.50 bits per heavy atom. The second-order valence-electron chi connectivity index (χ2n) is 5.38. The number of aromatic nitrogens is 2. The van der Waals surface area contributed by atoms with E-state index in [-0.39, 0.29) is 18.4 Å². The van der Waals surface area contributed by atoms with Crippen LogP contribution in [0.1, 0.15) is 44.3 Å². The predicted octanol–water partition coefficient (Wildman–Crippen LogP) is 1.19. The second kappa shape index (κ2) is 7.38. The fourth-order valence-electron chi connectivity index (χ4n) is 2.53. The molecule has 1 saturated heterocycles. The molecule has 0 bridgehead atoms. The molecule has 1 aromatic rings. The normalized spacial score (nSPS) is 19.3. The van der Waals surface area contributed by atoms with E-state index in [0.29, 0.717) is 31.1 Å². The second-order valence-corrected chi connectivity index (χ2v) is 5.38. The molecule has 1 aliphatic heterocycles. The maximum absolute atomic E-state index is 12.1. The monoisotopic (exact) mass is 281 g/mol. The van der Waals surface area contributed by atoms with E-state index >= 15 is 0 Å². The molecule has 0 spiro atoms. The van der Waals surface area contributed by atoms with Gasteiger partial charge in [0.2, 0.25) is 11.8 Å². The van der Waals surface area contributed by atoms with Gasteiger partial charge in [0.1, 0.15) is 0 Å². The number of likely N-dealkylation sites (tertiary alicyclic amines) is 1. The minimum absolute atomic E-state index is 0.110. The first-order chi connectivity index (χ1) is 9.72. The van der Waals surface area contributed by atoms with Crippen LogP contribution in [-0.4, -0.2) is 45.8 Å². The van der Waals surface area contributed by atoms with Gasteiger partial charge < -0.3 is 14.5 Å². The molecule has 2 rings (SSSR count). The standard InChI is InChI=1S/C14H23N3O3/c1-2-4-12-15-13(20-16-12)6-7-14(19)17-8-3-5-11(9-17)10-18/h11,18H,2-10H2,1H3. The zero-order chi connectivity index (χ0) is 14.4. The molecule has 1 amide bonds. The number of carbonyl (C=O) groups excluding carboxylic acids is 1. The third-order valence-electron chi connectivity index (χ3n) is 3.67. The lowest BCUT2D eigenvalue weighted by Crippen LogP contribution is -2.41. The SMILES string of the molecule is CCCc1noc(CCC(=O)N2CCCC(CO)C2)n1. The van der Waals surface area contributed by atoms with Crippen molar-refractivity contribution in [3.05, 3.63) is 11.7 Å². The molecular weight excluding hydrogens is 258 g/mol. The summed E-state index contributed by atoms with van der Waals surface area (Å²) in [6, 6.07) is 0. The van der Waals surface area contributed by atoms with E-state index in [4.69, 9.17) is 4.52 Å². The first kappa shape index (κ1) is 15.0. The van der Waals surface area contributed by atoms with Crippen LogP contribution < -0.4 is 0 Å². The topological polar surface area (TPSA) is 79.5 Å². The predicted molar refractivity (Wildman–Crippen MR) is 73.0 cm³/mol. The Balaban J connectivity index is 1.79. The van der Waals surface area contributed by atoms with Crippen LogP contribution >= 0.6 is 0 Å². The maximum Gasteiger partial charge on any atom is 0.227 e. The average Bonchev–Trinajstić information content (AvgIpc) is 2.93. The van der Waals surface area contributed by atoms with Gasteiger partial charge in [-0.3, -0.25) is 4.79 Å². The Bertz CT molecular complexity index is 433. The van der Waals surface area contributed by atoms with Gasteiger partial charge in [0.05, 0.1) is 0 Å². The maximum atomic E-state index is 12.1. The molecule has 1 fully saturated rings. The highest BCUT2D eigenvalue weighted by Crippen LogP contribution is 2.17. The van der Waals surface area contributed by atoms with Crippen molar-refractivity contribution in [1.29, 1.82) is 0 Å². The fourth-order valence-corrected chi connectivity index (χ4v) is 2.53. The van der Waals surface area contributed by atoms with Crippen LogP contribution in [0.2, 0.25) is 0 Å². The molecule has 20 heavy (non-hydrogen) atoms. The van der Waals surface area contributed by atoms with Crippen LogP contribution in [0.5, 0.6) is 0 Å². The minimum atomic E-state index is 0.110. The summed E-state index contributed by atoms with van der Waals surface area (Å²) in [6.45, 7) is 3.68. The molecular formula is C14H23N3O3. The third-order valence-corrected chi connectivity index (χ3v) is 3.67. The summed E-state index contributed by atoms with van der Waals surface area (Å²) >= 11 is 0. The molecule has 6 nitrogen and oxygen atoms in total. The van der Waals surface area contributed by atoms with E-state index in [1.165, 1.54) is 0 Å². The Morgan fingerprint density at radius 3 is 3.10 bits per heavy atom. The lowest BCUT2D eigenvalue weighted by atomic mass is 9.99. The molecule has 1 atom stereocenters. The van der Waals surface area contributed by atoms with E-state index in [2.05, 4.69) is 17.1 Å². The zero-order valence-electron chi connectivity index (χ0n) is 12.0. The molecule has 0 aromatic carbocycles. The third kappa shape index (κ3) is 4.03. The number of hydrogen-bond donors (Lipinski definition) is 1. The first-order valence-corrected chi connectivity index (χ1v) is 7.43. The highest BCUT2D eigenvalue weighted by atomic mass is 16.5. The van der Waals surface area contributed by atoms with Crippen molar-refractivity contribution >= 4 is 5.91 Å². The highest BCUT2D eigenvalue weighted by Gasteiger charge is 2.23. The minimum Gasteiger partial charge on any atom is -0.396 e. The number of hydrogen-bond acceptors (Lipinski definition) is 5. The molecule has 1 aromatic heterocycles. The summed E-state index contributed by atoms with van der Waals surface area (Å²) in [5, 5.41) is 13.1. The number of aliphatic hydroxyl groups is 1. The Kier molecular flexibility index (Phi) is 5.52. The van der Waals surface area contributed by atoms with Gasteiger partial charge in [-0.15, -0.1) is 0 Å². The van der Waals surface area contributed by atoms with Crippen molar-refractivity contribution in [2.45, 2.75) is 45.4 Å². The number of carbonyl (C=O) groups is 1. The molecule has 0 saturated carbocycles. The molecule has 6 heteroatoms. The largest absolute Gasteiger partial charge is 0.396 e. The number of aliphatic hydroxyl groups excluding tert-OH is 1. The first-order valence-electron chi connectivity index (χ1n) is 7.43. The van der Waals surface area contributed by atoms with Crippen molar-refractivity contribution in [3.8, 4) is 0 Å². The Morgan fingerprint density at radius 2 is 2.35 bits per heavy atom. The van der Waals surface area contributed by atoms with Gasteiger partial charge in [-0.2, -0.15) is 4.98 Å². The van der Waals surface area contributed by atoms with Crippen molar-refractivity contribution in [3.63, 3.8) is 0 Å². The van der Waals surface area contributed by atoms with E-state index in [0.717, 1.165) is 32.2 Å². The molecule has 112 valence electrons. The number of amides is 1. The van der Waals surface area contributed by atoms with Crippen LogP contribution in [-0.2, 0) is 17.6 Å². The van der Waals surface area contributed by atoms with E-state index in [1.807, 2.05) is 4.90 Å². The van der Waals surface area contributed by atoms with E-state index < -0.39 is 0 Å². The van der Waals surface area contributed by atoms with Gasteiger partial charge in [0.15, 0.2) is 5.82 Å². The summed E-state index contributed by atoms with van der Waals surface area (Å²) in [4.78, 5) is 18.2. The summed E-state index contributed by atoms with van der Waals surface area (Å²) in [5.41, 5.74) is 0. The molecule has 0 radical (unpaired) electrons. The molecule has 1 N–H and O–H groups in total. The molecule has 2 heterocycles. The van der Waals surface area contributed by atoms with Gasteiger partial charge in [-0.05, 0) is 25.2 Å². The van der Waals surface area contributed by atoms with Gasteiger partial charge in [0.25, 0.3) is 0 Å². The number of aryl methyl sites for hydroxylation is 2. The quantitative estimate of drug-likeness (QED) is 0.847. The lowest BCUT2D eigenvalue weighted by Gasteiger charge is -2.31. The summed E-state index contributed by atoms with van der Waals surface area (Å²) in [7, 11) is 0. The van der Waals surface area contributed by atoms with Gasteiger partial charge >= 0.3 is 0 Å². The van der Waals surface area contributed by atoms with Crippen LogP contribution in [0, 0.1) is 5.92 Å².